The van der Waals surface area contributed by atoms with Gasteiger partial charge in [-0.2, -0.15) is 0 Å². The van der Waals surface area contributed by atoms with Gasteiger partial charge in [-0.15, -0.1) is 0 Å². The fourth-order valence-corrected chi connectivity index (χ4v) is 3.88. The minimum atomic E-state index is -3.50. The molecule has 1 aromatic carbocycles. The zero-order valence-electron chi connectivity index (χ0n) is 13.1. The molecule has 23 heavy (non-hydrogen) atoms. The largest absolute Gasteiger partial charge is 0.481 e. The lowest BCUT2D eigenvalue weighted by atomic mass is 9.98. The van der Waals surface area contributed by atoms with Gasteiger partial charge in [0.25, 0.3) is 0 Å². The van der Waals surface area contributed by atoms with E-state index >= 15 is 0 Å². The number of hydrogen-bond acceptors (Lipinski definition) is 4. The summed E-state index contributed by atoms with van der Waals surface area (Å²) in [5, 5.41) is 9.03. The molecule has 1 atom stereocenters. The first kappa shape index (κ1) is 17.5. The molecule has 1 amide bonds. The highest BCUT2D eigenvalue weighted by atomic mass is 32.2. The van der Waals surface area contributed by atoms with E-state index in [1.165, 1.54) is 17.0 Å². The molecular formula is C16H21NO5S. The summed E-state index contributed by atoms with van der Waals surface area (Å²) in [6, 6.07) is 6.51. The number of piperidine rings is 1. The summed E-state index contributed by atoms with van der Waals surface area (Å²) in [5.74, 6) is -2.02. The lowest BCUT2D eigenvalue weighted by molar-refractivity contribution is -0.145. The maximum absolute atomic E-state index is 12.2. The smallest absolute Gasteiger partial charge is 0.308 e. The van der Waals surface area contributed by atoms with Crippen LogP contribution in [0, 0.1) is 12.8 Å². The molecule has 2 rings (SSSR count). The zero-order chi connectivity index (χ0) is 17.0. The van der Waals surface area contributed by atoms with Crippen LogP contribution in [0.2, 0.25) is 0 Å². The van der Waals surface area contributed by atoms with Crippen molar-refractivity contribution in [1.29, 1.82) is 0 Å². The van der Waals surface area contributed by atoms with Crippen LogP contribution in [0.5, 0.6) is 0 Å². The van der Waals surface area contributed by atoms with Crippen molar-refractivity contribution in [1.82, 2.24) is 4.90 Å². The number of amides is 1. The Morgan fingerprint density at radius 2 is 1.91 bits per heavy atom. The molecule has 0 spiro atoms. The van der Waals surface area contributed by atoms with Gasteiger partial charge in [-0.1, -0.05) is 17.7 Å². The molecule has 1 aliphatic heterocycles. The van der Waals surface area contributed by atoms with Gasteiger partial charge in [-0.3, -0.25) is 9.59 Å². The van der Waals surface area contributed by atoms with Crippen molar-refractivity contribution >= 4 is 21.7 Å². The van der Waals surface area contributed by atoms with Crippen molar-refractivity contribution in [3.05, 3.63) is 29.8 Å². The van der Waals surface area contributed by atoms with Gasteiger partial charge in [0.15, 0.2) is 9.84 Å². The summed E-state index contributed by atoms with van der Waals surface area (Å²) in [4.78, 5) is 24.9. The van der Waals surface area contributed by atoms with E-state index in [4.69, 9.17) is 5.11 Å². The molecule has 1 aliphatic rings. The first-order chi connectivity index (χ1) is 10.8. The van der Waals surface area contributed by atoms with E-state index in [1.54, 1.807) is 12.1 Å². The van der Waals surface area contributed by atoms with Crippen LogP contribution in [0.15, 0.2) is 29.2 Å². The van der Waals surface area contributed by atoms with Crippen LogP contribution in [-0.2, 0) is 19.4 Å². The standard InChI is InChI=1S/C16H21NO5S/c1-12-4-6-14(7-5-12)23(21,22)10-8-15(18)17-9-2-3-13(11-17)16(19)20/h4-7,13H,2-3,8-11H2,1H3,(H,19,20)/t13-/m1/s1. The van der Waals surface area contributed by atoms with Crippen LogP contribution < -0.4 is 0 Å². The fraction of sp³-hybridized carbons (Fsp3) is 0.500. The zero-order valence-corrected chi connectivity index (χ0v) is 13.9. The predicted molar refractivity (Wildman–Crippen MR) is 84.8 cm³/mol. The molecule has 126 valence electrons. The van der Waals surface area contributed by atoms with E-state index in [-0.39, 0.29) is 29.5 Å². The monoisotopic (exact) mass is 339 g/mol. The number of carbonyl (C=O) groups excluding carboxylic acids is 1. The minimum absolute atomic E-state index is 0.122. The van der Waals surface area contributed by atoms with Crippen LogP contribution in [0.3, 0.4) is 0 Å². The molecule has 1 saturated heterocycles. The van der Waals surface area contributed by atoms with Crippen LogP contribution in [-0.4, -0.2) is 49.1 Å². The highest BCUT2D eigenvalue weighted by Crippen LogP contribution is 2.18. The summed E-state index contributed by atoms with van der Waals surface area (Å²) in [7, 11) is -3.50. The maximum atomic E-state index is 12.2. The summed E-state index contributed by atoms with van der Waals surface area (Å²) < 4.78 is 24.5. The van der Waals surface area contributed by atoms with Crippen molar-refractivity contribution in [3.8, 4) is 0 Å². The first-order valence-corrected chi connectivity index (χ1v) is 9.25. The van der Waals surface area contributed by atoms with E-state index in [0.717, 1.165) is 5.56 Å². The second-order valence-electron chi connectivity index (χ2n) is 5.90. The van der Waals surface area contributed by atoms with Gasteiger partial charge in [0.1, 0.15) is 0 Å². The molecule has 1 N–H and O–H groups in total. The average molecular weight is 339 g/mol. The molecule has 7 heteroatoms. The third-order valence-electron chi connectivity index (χ3n) is 4.09. The molecule has 0 unspecified atom stereocenters. The van der Waals surface area contributed by atoms with E-state index in [9.17, 15) is 18.0 Å². The Kier molecular flexibility index (Phi) is 5.41. The SMILES string of the molecule is Cc1ccc(S(=O)(=O)CCC(=O)N2CCC[C@@H](C(=O)O)C2)cc1. The number of sulfone groups is 1. The van der Waals surface area contributed by atoms with Gasteiger partial charge in [-0.25, -0.2) is 8.42 Å². The van der Waals surface area contributed by atoms with Gasteiger partial charge in [0, 0.05) is 19.5 Å². The minimum Gasteiger partial charge on any atom is -0.481 e. The lowest BCUT2D eigenvalue weighted by Gasteiger charge is -2.30. The number of carbonyl (C=O) groups is 2. The highest BCUT2D eigenvalue weighted by molar-refractivity contribution is 7.91. The molecular weight excluding hydrogens is 318 g/mol. The van der Waals surface area contributed by atoms with E-state index in [2.05, 4.69) is 0 Å². The Morgan fingerprint density at radius 1 is 1.26 bits per heavy atom. The van der Waals surface area contributed by atoms with Crippen LogP contribution >= 0.6 is 0 Å². The van der Waals surface area contributed by atoms with Gasteiger partial charge in [0.2, 0.25) is 5.91 Å². The summed E-state index contributed by atoms with van der Waals surface area (Å²) in [5.41, 5.74) is 0.966. The predicted octanol–water partition coefficient (Wildman–Crippen LogP) is 1.48. The Bertz CT molecular complexity index is 681. The summed E-state index contributed by atoms with van der Waals surface area (Å²) in [6.45, 7) is 2.53. The Hall–Kier alpha value is -1.89. The number of hydrogen-bond donors (Lipinski definition) is 1. The maximum Gasteiger partial charge on any atom is 0.308 e. The second kappa shape index (κ2) is 7.12. The molecule has 1 aromatic rings. The van der Waals surface area contributed by atoms with E-state index in [1.807, 2.05) is 6.92 Å². The number of aryl methyl sites for hydroxylation is 1. The number of nitrogens with zero attached hydrogens (tertiary/aromatic N) is 1. The molecule has 1 heterocycles. The van der Waals surface area contributed by atoms with Crippen molar-refractivity contribution in [2.45, 2.75) is 31.1 Å². The second-order valence-corrected chi connectivity index (χ2v) is 8.01. The fourth-order valence-electron chi connectivity index (χ4n) is 2.65. The molecule has 0 bridgehead atoms. The van der Waals surface area contributed by atoms with Crippen LogP contribution in [0.1, 0.15) is 24.8 Å². The Balaban J connectivity index is 1.95. The number of likely N-dealkylation sites (tertiary alicyclic amines) is 1. The van der Waals surface area contributed by atoms with Crippen molar-refractivity contribution in [2.24, 2.45) is 5.92 Å². The number of aliphatic carboxylic acids is 1. The van der Waals surface area contributed by atoms with Crippen molar-refractivity contribution < 1.29 is 23.1 Å². The number of benzene rings is 1. The third kappa shape index (κ3) is 4.54. The van der Waals surface area contributed by atoms with E-state index in [0.29, 0.717) is 19.4 Å². The van der Waals surface area contributed by atoms with Crippen LogP contribution in [0.4, 0.5) is 0 Å². The normalized spacial score (nSPS) is 18.7. The number of carboxylic acid groups (broad SMARTS) is 1. The molecule has 1 fully saturated rings. The van der Waals surface area contributed by atoms with Gasteiger partial charge in [-0.05, 0) is 31.9 Å². The van der Waals surface area contributed by atoms with Crippen molar-refractivity contribution in [3.63, 3.8) is 0 Å². The molecule has 0 radical (unpaired) electrons. The quantitative estimate of drug-likeness (QED) is 0.877. The van der Waals surface area contributed by atoms with Gasteiger partial charge in [0.05, 0.1) is 16.6 Å². The molecule has 6 nitrogen and oxygen atoms in total. The first-order valence-electron chi connectivity index (χ1n) is 7.59. The Morgan fingerprint density at radius 3 is 2.52 bits per heavy atom. The topological polar surface area (TPSA) is 91.8 Å². The highest BCUT2D eigenvalue weighted by Gasteiger charge is 2.28. The van der Waals surface area contributed by atoms with E-state index < -0.39 is 21.7 Å². The van der Waals surface area contributed by atoms with Gasteiger partial charge >= 0.3 is 5.97 Å². The summed E-state index contributed by atoms with van der Waals surface area (Å²) in [6.07, 6.45) is 1.07. The summed E-state index contributed by atoms with van der Waals surface area (Å²) >= 11 is 0. The van der Waals surface area contributed by atoms with Crippen molar-refractivity contribution in [2.75, 3.05) is 18.8 Å². The number of rotatable bonds is 5. The third-order valence-corrected chi connectivity index (χ3v) is 5.82. The van der Waals surface area contributed by atoms with Gasteiger partial charge < -0.3 is 10.0 Å². The molecule has 0 aliphatic carbocycles. The average Bonchev–Trinajstić information content (AvgIpc) is 2.53. The lowest BCUT2D eigenvalue weighted by Crippen LogP contribution is -2.42. The van der Waals surface area contributed by atoms with Crippen LogP contribution in [0.25, 0.3) is 0 Å². The Labute approximate surface area is 136 Å². The molecule has 0 aromatic heterocycles. The molecule has 0 saturated carbocycles. The number of carboxylic acids is 1.